The predicted molar refractivity (Wildman–Crippen MR) is 61.9 cm³/mol. The van der Waals surface area contributed by atoms with E-state index in [9.17, 15) is 0 Å². The molecule has 3 nitrogen and oxygen atoms in total. The Labute approximate surface area is 91.7 Å². The van der Waals surface area contributed by atoms with E-state index in [-0.39, 0.29) is 6.10 Å². The summed E-state index contributed by atoms with van der Waals surface area (Å²) in [6.45, 7) is 6.70. The molecule has 1 heterocycles. The van der Waals surface area contributed by atoms with Crippen LogP contribution in [0.25, 0.3) is 0 Å². The summed E-state index contributed by atoms with van der Waals surface area (Å²) in [5.41, 5.74) is 7.60. The zero-order chi connectivity index (χ0) is 11.3. The van der Waals surface area contributed by atoms with E-state index in [1.807, 2.05) is 19.1 Å². The highest BCUT2D eigenvalue weighted by atomic mass is 16.5. The molecule has 84 valence electrons. The van der Waals surface area contributed by atoms with Crippen molar-refractivity contribution in [2.45, 2.75) is 46.3 Å². The van der Waals surface area contributed by atoms with Crippen molar-refractivity contribution in [2.24, 2.45) is 5.73 Å². The molecule has 1 aromatic rings. The molecule has 0 aromatic carbocycles. The van der Waals surface area contributed by atoms with E-state index in [2.05, 4.69) is 18.8 Å². The fraction of sp³-hybridized carbons (Fsp3) is 0.583. The molecule has 0 aliphatic rings. The van der Waals surface area contributed by atoms with Crippen LogP contribution in [0.4, 0.5) is 0 Å². The molecule has 1 atom stereocenters. The first-order valence-corrected chi connectivity index (χ1v) is 5.50. The van der Waals surface area contributed by atoms with Crippen LogP contribution in [0.5, 0.6) is 5.88 Å². The van der Waals surface area contributed by atoms with Gasteiger partial charge in [0.1, 0.15) is 0 Å². The molecule has 1 rings (SSSR count). The SMILES string of the molecule is CCCC(C)Oc1ccc(CN)c(C)n1. The fourth-order valence-corrected chi connectivity index (χ4v) is 1.52. The van der Waals surface area contributed by atoms with Crippen LogP contribution in [0.15, 0.2) is 12.1 Å². The van der Waals surface area contributed by atoms with Crippen molar-refractivity contribution in [1.29, 1.82) is 0 Å². The third-order valence-corrected chi connectivity index (χ3v) is 2.41. The molecule has 1 unspecified atom stereocenters. The Morgan fingerprint density at radius 3 is 2.73 bits per heavy atom. The highest BCUT2D eigenvalue weighted by molar-refractivity contribution is 5.24. The average molecular weight is 208 g/mol. The Morgan fingerprint density at radius 1 is 1.47 bits per heavy atom. The summed E-state index contributed by atoms with van der Waals surface area (Å²) in [7, 11) is 0. The van der Waals surface area contributed by atoms with Crippen molar-refractivity contribution in [3.63, 3.8) is 0 Å². The van der Waals surface area contributed by atoms with E-state index in [0.29, 0.717) is 12.4 Å². The first-order valence-electron chi connectivity index (χ1n) is 5.50. The summed E-state index contributed by atoms with van der Waals surface area (Å²) in [4.78, 5) is 4.36. The van der Waals surface area contributed by atoms with E-state index in [0.717, 1.165) is 24.1 Å². The summed E-state index contributed by atoms with van der Waals surface area (Å²) in [6.07, 6.45) is 2.41. The minimum absolute atomic E-state index is 0.227. The van der Waals surface area contributed by atoms with Gasteiger partial charge in [0.25, 0.3) is 0 Å². The van der Waals surface area contributed by atoms with Gasteiger partial charge < -0.3 is 10.5 Å². The fourth-order valence-electron chi connectivity index (χ4n) is 1.52. The van der Waals surface area contributed by atoms with Gasteiger partial charge in [0, 0.05) is 18.3 Å². The van der Waals surface area contributed by atoms with Crippen LogP contribution in [-0.2, 0) is 6.54 Å². The average Bonchev–Trinajstić information content (AvgIpc) is 2.18. The first kappa shape index (κ1) is 12.0. The van der Waals surface area contributed by atoms with Crippen LogP contribution in [0, 0.1) is 6.92 Å². The van der Waals surface area contributed by atoms with Crippen molar-refractivity contribution in [2.75, 3.05) is 0 Å². The van der Waals surface area contributed by atoms with Crippen molar-refractivity contribution in [3.05, 3.63) is 23.4 Å². The lowest BCUT2D eigenvalue weighted by Crippen LogP contribution is -2.12. The molecule has 3 heteroatoms. The lowest BCUT2D eigenvalue weighted by Gasteiger charge is -2.13. The normalized spacial score (nSPS) is 12.5. The number of hydrogen-bond acceptors (Lipinski definition) is 3. The van der Waals surface area contributed by atoms with Gasteiger partial charge in [-0.2, -0.15) is 0 Å². The van der Waals surface area contributed by atoms with Crippen LogP contribution in [0.3, 0.4) is 0 Å². The molecule has 0 fully saturated rings. The van der Waals surface area contributed by atoms with Crippen LogP contribution in [0.1, 0.15) is 37.9 Å². The number of aromatic nitrogens is 1. The molecule has 0 aliphatic carbocycles. The first-order chi connectivity index (χ1) is 7.17. The molecule has 0 saturated carbocycles. The maximum Gasteiger partial charge on any atom is 0.213 e. The second-order valence-electron chi connectivity index (χ2n) is 3.82. The molecule has 0 aliphatic heterocycles. The minimum atomic E-state index is 0.227. The monoisotopic (exact) mass is 208 g/mol. The van der Waals surface area contributed by atoms with Gasteiger partial charge in [-0.15, -0.1) is 0 Å². The van der Waals surface area contributed by atoms with Gasteiger partial charge in [0.2, 0.25) is 5.88 Å². The number of hydrogen-bond donors (Lipinski definition) is 1. The topological polar surface area (TPSA) is 48.1 Å². The zero-order valence-electron chi connectivity index (χ0n) is 9.79. The lowest BCUT2D eigenvalue weighted by atomic mass is 10.2. The molecule has 0 saturated heterocycles. The summed E-state index contributed by atoms with van der Waals surface area (Å²) in [5, 5.41) is 0. The van der Waals surface area contributed by atoms with Gasteiger partial charge >= 0.3 is 0 Å². The number of nitrogens with two attached hydrogens (primary N) is 1. The third-order valence-electron chi connectivity index (χ3n) is 2.41. The third kappa shape index (κ3) is 3.51. The Morgan fingerprint density at radius 2 is 2.20 bits per heavy atom. The van der Waals surface area contributed by atoms with Crippen molar-refractivity contribution in [3.8, 4) is 5.88 Å². The maximum atomic E-state index is 5.68. The van der Waals surface area contributed by atoms with E-state index < -0.39 is 0 Å². The molecule has 0 spiro atoms. The summed E-state index contributed by atoms with van der Waals surface area (Å²) in [6, 6.07) is 3.87. The summed E-state index contributed by atoms with van der Waals surface area (Å²) < 4.78 is 5.68. The molecule has 0 bridgehead atoms. The zero-order valence-corrected chi connectivity index (χ0v) is 9.79. The summed E-state index contributed by atoms with van der Waals surface area (Å²) in [5.74, 6) is 0.700. The summed E-state index contributed by atoms with van der Waals surface area (Å²) >= 11 is 0. The van der Waals surface area contributed by atoms with E-state index in [4.69, 9.17) is 10.5 Å². The quantitative estimate of drug-likeness (QED) is 0.808. The van der Waals surface area contributed by atoms with E-state index in [1.54, 1.807) is 0 Å². The molecule has 1 aromatic heterocycles. The molecule has 15 heavy (non-hydrogen) atoms. The highest BCUT2D eigenvalue weighted by Gasteiger charge is 2.05. The molecule has 2 N–H and O–H groups in total. The number of pyridine rings is 1. The van der Waals surface area contributed by atoms with Crippen molar-refractivity contribution in [1.82, 2.24) is 4.98 Å². The van der Waals surface area contributed by atoms with Crippen molar-refractivity contribution < 1.29 is 4.74 Å². The van der Waals surface area contributed by atoms with Gasteiger partial charge in [0.15, 0.2) is 0 Å². The molecule has 0 radical (unpaired) electrons. The standard InChI is InChI=1S/C12H20N2O/c1-4-5-9(2)15-12-7-6-11(8-13)10(3)14-12/h6-7,9H,4-5,8,13H2,1-3H3. The van der Waals surface area contributed by atoms with Gasteiger partial charge in [-0.05, 0) is 25.8 Å². The van der Waals surface area contributed by atoms with Gasteiger partial charge in [-0.1, -0.05) is 19.4 Å². The number of nitrogens with zero attached hydrogens (tertiary/aromatic N) is 1. The van der Waals surface area contributed by atoms with Crippen LogP contribution in [-0.4, -0.2) is 11.1 Å². The number of aryl methyl sites for hydroxylation is 1. The second-order valence-corrected chi connectivity index (χ2v) is 3.82. The largest absolute Gasteiger partial charge is 0.475 e. The predicted octanol–water partition coefficient (Wildman–Crippen LogP) is 2.42. The van der Waals surface area contributed by atoms with Gasteiger partial charge in [-0.3, -0.25) is 0 Å². The smallest absolute Gasteiger partial charge is 0.213 e. The second kappa shape index (κ2) is 5.71. The Kier molecular flexibility index (Phi) is 4.56. The Hall–Kier alpha value is -1.09. The van der Waals surface area contributed by atoms with E-state index in [1.165, 1.54) is 0 Å². The van der Waals surface area contributed by atoms with Crippen LogP contribution < -0.4 is 10.5 Å². The van der Waals surface area contributed by atoms with Crippen LogP contribution >= 0.6 is 0 Å². The number of rotatable bonds is 5. The Balaban J connectivity index is 2.66. The number of ether oxygens (including phenoxy) is 1. The minimum Gasteiger partial charge on any atom is -0.475 e. The maximum absolute atomic E-state index is 5.68. The highest BCUT2D eigenvalue weighted by Crippen LogP contribution is 2.14. The molecular weight excluding hydrogens is 188 g/mol. The Bertz CT molecular complexity index is 312. The molecular formula is C12H20N2O. The van der Waals surface area contributed by atoms with Gasteiger partial charge in [0.05, 0.1) is 6.10 Å². The lowest BCUT2D eigenvalue weighted by molar-refractivity contribution is 0.201. The van der Waals surface area contributed by atoms with Gasteiger partial charge in [-0.25, -0.2) is 4.98 Å². The molecule has 0 amide bonds. The van der Waals surface area contributed by atoms with Crippen LogP contribution in [0.2, 0.25) is 0 Å². The van der Waals surface area contributed by atoms with Crippen molar-refractivity contribution >= 4 is 0 Å². The van der Waals surface area contributed by atoms with E-state index >= 15 is 0 Å².